The van der Waals surface area contributed by atoms with Gasteiger partial charge in [0.05, 0.1) is 31.6 Å². The molecule has 182 valence electrons. The molecule has 0 aromatic carbocycles. The van der Waals surface area contributed by atoms with Crippen LogP contribution in [0.3, 0.4) is 0 Å². The SMILES string of the molecule is CC(C)(CO)C(=O)SCCO[P@@]1(=O)OC[C@H]2O[C@@H](n3cnc4c(N)ncnc43)[C@](C)(Cl)[C@@H]2O1. The van der Waals surface area contributed by atoms with Crippen LogP contribution in [0.1, 0.15) is 27.0 Å². The van der Waals surface area contributed by atoms with E-state index in [0.717, 1.165) is 11.8 Å². The fourth-order valence-corrected chi connectivity index (χ4v) is 6.30. The van der Waals surface area contributed by atoms with E-state index in [4.69, 9.17) is 35.6 Å². The monoisotopic (exact) mass is 521 g/mol. The van der Waals surface area contributed by atoms with Gasteiger partial charge in [-0.1, -0.05) is 11.8 Å². The van der Waals surface area contributed by atoms with Crippen LogP contribution in [0, 0.1) is 5.41 Å². The van der Waals surface area contributed by atoms with Crippen molar-refractivity contribution in [2.75, 3.05) is 31.3 Å². The number of imidazole rings is 1. The van der Waals surface area contributed by atoms with E-state index >= 15 is 0 Å². The van der Waals surface area contributed by atoms with Crippen molar-refractivity contribution in [3.63, 3.8) is 0 Å². The number of hydrogen-bond acceptors (Lipinski definition) is 12. The minimum Gasteiger partial charge on any atom is -0.395 e. The Kier molecular flexibility index (Phi) is 6.80. The number of carbonyl (C=O) groups is 1. The average molecular weight is 522 g/mol. The van der Waals surface area contributed by atoms with E-state index in [1.807, 2.05) is 0 Å². The minimum atomic E-state index is -3.94. The van der Waals surface area contributed by atoms with E-state index in [2.05, 4.69) is 15.0 Å². The Bertz CT molecular complexity index is 1100. The lowest BCUT2D eigenvalue weighted by atomic mass is 9.97. The Morgan fingerprint density at radius 2 is 2.24 bits per heavy atom. The van der Waals surface area contributed by atoms with Gasteiger partial charge in [0.25, 0.3) is 0 Å². The van der Waals surface area contributed by atoms with Crippen molar-refractivity contribution in [3.05, 3.63) is 12.7 Å². The first-order valence-corrected chi connectivity index (χ1v) is 12.9. The quantitative estimate of drug-likeness (QED) is 0.310. The van der Waals surface area contributed by atoms with Gasteiger partial charge in [-0.2, -0.15) is 0 Å². The molecule has 0 saturated carbocycles. The third kappa shape index (κ3) is 4.65. The van der Waals surface area contributed by atoms with Gasteiger partial charge in [-0.25, -0.2) is 19.5 Å². The molecule has 2 aromatic rings. The van der Waals surface area contributed by atoms with Gasteiger partial charge in [-0.15, -0.1) is 11.6 Å². The summed E-state index contributed by atoms with van der Waals surface area (Å²) in [6, 6.07) is 0. The predicted molar refractivity (Wildman–Crippen MR) is 121 cm³/mol. The Morgan fingerprint density at radius 3 is 2.97 bits per heavy atom. The molecular formula is C18H25ClN5O7PS. The molecule has 5 atom stereocenters. The molecule has 4 heterocycles. The summed E-state index contributed by atoms with van der Waals surface area (Å²) in [5.74, 6) is 0.439. The summed E-state index contributed by atoms with van der Waals surface area (Å²) in [5.41, 5.74) is 5.84. The lowest BCUT2D eigenvalue weighted by molar-refractivity contribution is -0.119. The number of phosphoric ester groups is 1. The number of rotatable bonds is 7. The van der Waals surface area contributed by atoms with Gasteiger partial charge in [0, 0.05) is 5.75 Å². The van der Waals surface area contributed by atoms with E-state index in [1.165, 1.54) is 12.7 Å². The smallest absolute Gasteiger partial charge is 0.395 e. The molecule has 0 spiro atoms. The summed E-state index contributed by atoms with van der Waals surface area (Å²) in [6.45, 7) is 4.59. The summed E-state index contributed by atoms with van der Waals surface area (Å²) >= 11 is 7.83. The Labute approximate surface area is 199 Å². The van der Waals surface area contributed by atoms with Crippen molar-refractivity contribution in [3.8, 4) is 0 Å². The molecule has 2 aromatic heterocycles. The second-order valence-electron chi connectivity index (χ2n) is 8.54. The minimum absolute atomic E-state index is 0.0573. The number of alkyl halides is 1. The van der Waals surface area contributed by atoms with Gasteiger partial charge in [-0.05, 0) is 20.8 Å². The Balaban J connectivity index is 1.43. The normalized spacial score (nSPS) is 32.2. The topological polar surface area (TPSA) is 161 Å². The highest BCUT2D eigenvalue weighted by Gasteiger charge is 2.60. The number of ether oxygens (including phenoxy) is 1. The molecule has 2 saturated heterocycles. The van der Waals surface area contributed by atoms with Gasteiger partial charge in [0.2, 0.25) is 0 Å². The van der Waals surface area contributed by atoms with Crippen molar-refractivity contribution in [1.82, 2.24) is 19.5 Å². The van der Waals surface area contributed by atoms with Crippen LogP contribution >= 0.6 is 31.2 Å². The van der Waals surface area contributed by atoms with Crippen molar-refractivity contribution in [1.29, 1.82) is 0 Å². The molecule has 0 aliphatic carbocycles. The molecule has 2 fully saturated rings. The zero-order chi connectivity index (χ0) is 24.0. The summed E-state index contributed by atoms with van der Waals surface area (Å²) in [4.78, 5) is 23.3. The number of nitrogen functional groups attached to an aromatic ring is 1. The maximum atomic E-state index is 13.0. The number of carbonyl (C=O) groups excluding carboxylic acids is 1. The molecule has 3 N–H and O–H groups in total. The Hall–Kier alpha value is -1.31. The molecule has 0 bridgehead atoms. The highest BCUT2D eigenvalue weighted by molar-refractivity contribution is 8.13. The van der Waals surface area contributed by atoms with Crippen LogP contribution in [0.4, 0.5) is 5.82 Å². The summed E-state index contributed by atoms with van der Waals surface area (Å²) in [5, 5.41) is 9.07. The lowest BCUT2D eigenvalue weighted by Crippen LogP contribution is -2.44. The number of phosphoric acid groups is 1. The van der Waals surface area contributed by atoms with Crippen LogP contribution in [0.15, 0.2) is 12.7 Å². The first kappa shape index (κ1) is 24.8. The number of aliphatic hydroxyl groups is 1. The van der Waals surface area contributed by atoms with Crippen molar-refractivity contribution in [2.45, 2.75) is 44.1 Å². The number of nitrogens with zero attached hydrogens (tertiary/aromatic N) is 4. The standard InChI is InChI=1S/C18H25ClN5O7PS/c1-17(2,7-25)16(26)33-5-4-28-32(27)29-6-10-12(31-32)18(3,19)15(30-10)24-9-23-11-13(20)21-8-22-14(11)24/h8-10,12,15,25H,4-7H2,1-3H3,(H2,20,21,22)/t10-,12-,15-,18-,32+/m1/s1. The first-order valence-electron chi connectivity index (χ1n) is 10.1. The predicted octanol–water partition coefficient (Wildman–Crippen LogP) is 2.12. The number of thioether (sulfide) groups is 1. The Morgan fingerprint density at radius 1 is 1.48 bits per heavy atom. The summed E-state index contributed by atoms with van der Waals surface area (Å²) in [6.07, 6.45) is 0.619. The number of fused-ring (bicyclic) bond motifs is 2. The summed E-state index contributed by atoms with van der Waals surface area (Å²) < 4.78 is 37.2. The van der Waals surface area contributed by atoms with Crippen molar-refractivity contribution < 1.29 is 32.8 Å². The van der Waals surface area contributed by atoms with Crippen LogP contribution in [0.5, 0.6) is 0 Å². The van der Waals surface area contributed by atoms with Crippen LogP contribution in [0.25, 0.3) is 11.2 Å². The maximum absolute atomic E-state index is 13.0. The molecule has 2 aliphatic rings. The highest BCUT2D eigenvalue weighted by Crippen LogP contribution is 2.60. The zero-order valence-corrected chi connectivity index (χ0v) is 20.7. The largest absolute Gasteiger partial charge is 0.475 e. The molecular weight excluding hydrogens is 497 g/mol. The fourth-order valence-electron chi connectivity index (χ4n) is 3.50. The lowest BCUT2D eigenvalue weighted by Gasteiger charge is -2.34. The van der Waals surface area contributed by atoms with Gasteiger partial charge >= 0.3 is 7.82 Å². The number of halogens is 1. The third-order valence-corrected chi connectivity index (χ3v) is 8.51. The molecule has 33 heavy (non-hydrogen) atoms. The van der Waals surface area contributed by atoms with Crippen molar-refractivity contribution in [2.24, 2.45) is 5.41 Å². The van der Waals surface area contributed by atoms with Crippen LogP contribution in [-0.2, 0) is 27.7 Å². The number of aromatic nitrogens is 4. The van der Waals surface area contributed by atoms with E-state index in [9.17, 15) is 14.5 Å². The van der Waals surface area contributed by atoms with Gasteiger partial charge in [0.15, 0.2) is 22.8 Å². The van der Waals surface area contributed by atoms with E-state index < -0.39 is 36.5 Å². The van der Waals surface area contributed by atoms with Crippen molar-refractivity contribution >= 4 is 53.3 Å². The third-order valence-electron chi connectivity index (χ3n) is 5.47. The second-order valence-corrected chi connectivity index (χ2v) is 12.0. The fraction of sp³-hybridized carbons (Fsp3) is 0.667. The van der Waals surface area contributed by atoms with Gasteiger partial charge in [0.1, 0.15) is 28.9 Å². The first-order chi connectivity index (χ1) is 15.5. The molecule has 15 heteroatoms. The molecule has 0 radical (unpaired) electrons. The number of nitrogens with two attached hydrogens (primary N) is 1. The van der Waals surface area contributed by atoms with E-state index in [0.29, 0.717) is 11.2 Å². The van der Waals surface area contributed by atoms with Crippen LogP contribution in [0.2, 0.25) is 0 Å². The van der Waals surface area contributed by atoms with E-state index in [1.54, 1.807) is 25.3 Å². The zero-order valence-electron chi connectivity index (χ0n) is 18.2. The number of hydrogen-bond donors (Lipinski definition) is 2. The molecule has 0 unspecified atom stereocenters. The number of aliphatic hydroxyl groups excluding tert-OH is 1. The van der Waals surface area contributed by atoms with E-state index in [-0.39, 0.29) is 36.5 Å². The second kappa shape index (κ2) is 9.04. The molecule has 4 rings (SSSR count). The summed E-state index contributed by atoms with van der Waals surface area (Å²) in [7, 11) is -3.94. The maximum Gasteiger partial charge on any atom is 0.475 e. The van der Waals surface area contributed by atoms with Gasteiger partial charge in [-0.3, -0.25) is 22.9 Å². The van der Waals surface area contributed by atoms with Crippen LogP contribution in [-0.4, -0.2) is 72.4 Å². The van der Waals surface area contributed by atoms with Gasteiger partial charge < -0.3 is 15.6 Å². The molecule has 2 aliphatic heterocycles. The molecule has 12 nitrogen and oxygen atoms in total. The van der Waals surface area contributed by atoms with Crippen LogP contribution < -0.4 is 5.73 Å². The highest BCUT2D eigenvalue weighted by atomic mass is 35.5. The number of anilines is 1. The molecule has 0 amide bonds. The average Bonchev–Trinajstić information content (AvgIpc) is 3.30.